The van der Waals surface area contributed by atoms with E-state index in [-0.39, 0.29) is 24.4 Å². The molecule has 0 unspecified atom stereocenters. The Balaban J connectivity index is 0.00000169. The summed E-state index contributed by atoms with van der Waals surface area (Å²) in [5.74, 6) is 0.367. The second-order valence-corrected chi connectivity index (χ2v) is 2.60. The molecule has 0 spiro atoms. The first-order valence-corrected chi connectivity index (χ1v) is 3.99. The predicted octanol–water partition coefficient (Wildman–Crippen LogP) is 1.48. The molecule has 1 rings (SSSR count). The molecule has 78 valence electrons. The number of hydrogen-bond donors (Lipinski definition) is 1. The Kier molecular flexibility index (Phi) is 5.64. The minimum atomic E-state index is -0.375. The number of halogens is 1. The maximum absolute atomic E-state index is 11.0. The van der Waals surface area contributed by atoms with Crippen LogP contribution in [0.4, 0.5) is 5.82 Å². The molecule has 0 radical (unpaired) electrons. The van der Waals surface area contributed by atoms with E-state index in [1.807, 2.05) is 12.1 Å². The van der Waals surface area contributed by atoms with Gasteiger partial charge in [0.25, 0.3) is 0 Å². The van der Waals surface area contributed by atoms with Gasteiger partial charge in [0.15, 0.2) is 0 Å². The van der Waals surface area contributed by atoms with Crippen LogP contribution in [0.2, 0.25) is 0 Å². The van der Waals surface area contributed by atoms with Gasteiger partial charge in [0, 0.05) is 6.20 Å². The van der Waals surface area contributed by atoms with Crippen molar-refractivity contribution < 1.29 is 9.53 Å². The van der Waals surface area contributed by atoms with Crippen molar-refractivity contribution >= 4 is 24.2 Å². The normalized spacial score (nSPS) is 11.0. The van der Waals surface area contributed by atoms with Crippen LogP contribution in [-0.4, -0.2) is 24.1 Å². The molecule has 0 aliphatic rings. The number of hydrogen-bond acceptors (Lipinski definition) is 4. The Labute approximate surface area is 89.1 Å². The van der Waals surface area contributed by atoms with Gasteiger partial charge in [0.2, 0.25) is 0 Å². The van der Waals surface area contributed by atoms with Crippen molar-refractivity contribution in [2.45, 2.75) is 13.0 Å². The topological polar surface area (TPSA) is 51.2 Å². The van der Waals surface area contributed by atoms with Gasteiger partial charge < -0.3 is 10.1 Å². The quantitative estimate of drug-likeness (QED) is 0.778. The molecule has 0 saturated heterocycles. The molecule has 0 aliphatic heterocycles. The van der Waals surface area contributed by atoms with E-state index in [2.05, 4.69) is 15.0 Å². The molecule has 0 aromatic carbocycles. The summed E-state index contributed by atoms with van der Waals surface area (Å²) in [6, 6.07) is 5.08. The zero-order valence-electron chi connectivity index (χ0n) is 8.06. The molecular formula is C9H13ClN2O2. The number of ether oxygens (including phenoxy) is 1. The van der Waals surface area contributed by atoms with Gasteiger partial charge in [0.05, 0.1) is 7.11 Å². The first-order chi connectivity index (χ1) is 6.24. The monoisotopic (exact) mass is 216 g/mol. The van der Waals surface area contributed by atoms with E-state index in [9.17, 15) is 4.79 Å². The van der Waals surface area contributed by atoms with E-state index in [0.29, 0.717) is 5.82 Å². The lowest BCUT2D eigenvalue weighted by molar-refractivity contribution is -0.141. The maximum atomic E-state index is 11.0. The number of nitrogens with zero attached hydrogens (tertiary/aromatic N) is 1. The average Bonchev–Trinajstić information content (AvgIpc) is 2.18. The molecular weight excluding hydrogens is 204 g/mol. The van der Waals surface area contributed by atoms with Crippen LogP contribution >= 0.6 is 12.4 Å². The Morgan fingerprint density at radius 2 is 2.29 bits per heavy atom. The van der Waals surface area contributed by atoms with E-state index in [1.165, 1.54) is 7.11 Å². The van der Waals surface area contributed by atoms with E-state index < -0.39 is 0 Å². The van der Waals surface area contributed by atoms with Crippen LogP contribution in [-0.2, 0) is 9.53 Å². The molecule has 0 fully saturated rings. The largest absolute Gasteiger partial charge is 0.467 e. The fraction of sp³-hybridized carbons (Fsp3) is 0.333. The summed E-state index contributed by atoms with van der Waals surface area (Å²) in [7, 11) is 1.36. The van der Waals surface area contributed by atoms with E-state index in [1.54, 1.807) is 19.2 Å². The second-order valence-electron chi connectivity index (χ2n) is 2.60. The predicted molar refractivity (Wildman–Crippen MR) is 56.6 cm³/mol. The van der Waals surface area contributed by atoms with Gasteiger partial charge in [-0.1, -0.05) is 6.07 Å². The standard InChI is InChI=1S/C9H12N2O2.ClH/c1-7(9(12)13-2)11-8-5-3-4-6-10-8;/h3-7H,1-2H3,(H,10,11);1H/t7-;/m0./s1. The van der Waals surface area contributed by atoms with E-state index >= 15 is 0 Å². The molecule has 0 aliphatic carbocycles. The number of pyridine rings is 1. The second kappa shape index (κ2) is 6.21. The number of esters is 1. The van der Waals surface area contributed by atoms with Crippen molar-refractivity contribution in [3.63, 3.8) is 0 Å². The van der Waals surface area contributed by atoms with Gasteiger partial charge in [-0.15, -0.1) is 12.4 Å². The van der Waals surface area contributed by atoms with Gasteiger partial charge in [-0.25, -0.2) is 9.78 Å². The third-order valence-electron chi connectivity index (χ3n) is 1.58. The SMILES string of the molecule is COC(=O)[C@H](C)Nc1ccccn1.Cl. The summed E-state index contributed by atoms with van der Waals surface area (Å²) >= 11 is 0. The molecule has 1 atom stereocenters. The fourth-order valence-corrected chi connectivity index (χ4v) is 0.906. The molecule has 1 aromatic heterocycles. The number of nitrogens with one attached hydrogen (secondary N) is 1. The average molecular weight is 217 g/mol. The maximum Gasteiger partial charge on any atom is 0.328 e. The summed E-state index contributed by atoms with van der Waals surface area (Å²) < 4.78 is 4.55. The van der Waals surface area contributed by atoms with E-state index in [4.69, 9.17) is 0 Å². The van der Waals surface area contributed by atoms with Gasteiger partial charge in [-0.2, -0.15) is 0 Å². The van der Waals surface area contributed by atoms with Gasteiger partial charge in [0.1, 0.15) is 11.9 Å². The zero-order valence-corrected chi connectivity index (χ0v) is 8.88. The molecule has 1 N–H and O–H groups in total. The third-order valence-corrected chi connectivity index (χ3v) is 1.58. The molecule has 0 saturated carbocycles. The van der Waals surface area contributed by atoms with Crippen LogP contribution in [0.25, 0.3) is 0 Å². The highest BCUT2D eigenvalue weighted by atomic mass is 35.5. The molecule has 0 amide bonds. The summed E-state index contributed by atoms with van der Waals surface area (Å²) in [5, 5.41) is 2.91. The van der Waals surface area contributed by atoms with E-state index in [0.717, 1.165) is 0 Å². The van der Waals surface area contributed by atoms with Crippen molar-refractivity contribution in [1.82, 2.24) is 4.98 Å². The lowest BCUT2D eigenvalue weighted by atomic mass is 10.3. The third kappa shape index (κ3) is 3.62. The number of carbonyl (C=O) groups is 1. The Bertz CT molecular complexity index is 279. The first kappa shape index (κ1) is 12.7. The van der Waals surface area contributed by atoms with Crippen molar-refractivity contribution in [1.29, 1.82) is 0 Å². The first-order valence-electron chi connectivity index (χ1n) is 3.99. The highest BCUT2D eigenvalue weighted by molar-refractivity contribution is 5.85. The lowest BCUT2D eigenvalue weighted by Gasteiger charge is -2.11. The molecule has 14 heavy (non-hydrogen) atoms. The van der Waals surface area contributed by atoms with Crippen molar-refractivity contribution in [2.75, 3.05) is 12.4 Å². The van der Waals surface area contributed by atoms with Crippen LogP contribution in [0.3, 0.4) is 0 Å². The minimum Gasteiger partial charge on any atom is -0.467 e. The molecule has 0 bridgehead atoms. The van der Waals surface area contributed by atoms with Crippen LogP contribution in [0.1, 0.15) is 6.92 Å². The van der Waals surface area contributed by atoms with Crippen molar-refractivity contribution in [3.05, 3.63) is 24.4 Å². The van der Waals surface area contributed by atoms with Crippen LogP contribution in [0.5, 0.6) is 0 Å². The minimum absolute atomic E-state index is 0. The van der Waals surface area contributed by atoms with Gasteiger partial charge in [-0.3, -0.25) is 0 Å². The summed E-state index contributed by atoms with van der Waals surface area (Å²) in [6.07, 6.45) is 1.66. The fourth-order valence-electron chi connectivity index (χ4n) is 0.906. The summed E-state index contributed by atoms with van der Waals surface area (Å²) in [6.45, 7) is 1.72. The van der Waals surface area contributed by atoms with Crippen molar-refractivity contribution in [3.8, 4) is 0 Å². The number of aromatic nitrogens is 1. The zero-order chi connectivity index (χ0) is 9.68. The number of anilines is 1. The van der Waals surface area contributed by atoms with Crippen molar-refractivity contribution in [2.24, 2.45) is 0 Å². The smallest absolute Gasteiger partial charge is 0.328 e. The Morgan fingerprint density at radius 1 is 1.57 bits per heavy atom. The molecule has 5 heteroatoms. The number of methoxy groups -OCH3 is 1. The Morgan fingerprint density at radius 3 is 2.79 bits per heavy atom. The van der Waals surface area contributed by atoms with Crippen LogP contribution in [0.15, 0.2) is 24.4 Å². The summed E-state index contributed by atoms with van der Waals surface area (Å²) in [5.41, 5.74) is 0. The Hall–Kier alpha value is -1.29. The molecule has 1 aromatic rings. The van der Waals surface area contributed by atoms with Crippen LogP contribution in [0, 0.1) is 0 Å². The number of carbonyl (C=O) groups excluding carboxylic acids is 1. The molecule has 4 nitrogen and oxygen atoms in total. The van der Waals surface area contributed by atoms with Crippen LogP contribution < -0.4 is 5.32 Å². The van der Waals surface area contributed by atoms with Gasteiger partial charge in [-0.05, 0) is 19.1 Å². The molecule has 1 heterocycles. The highest BCUT2D eigenvalue weighted by Gasteiger charge is 2.11. The lowest BCUT2D eigenvalue weighted by Crippen LogP contribution is -2.27. The summed E-state index contributed by atoms with van der Waals surface area (Å²) in [4.78, 5) is 15.0. The van der Waals surface area contributed by atoms with Gasteiger partial charge >= 0.3 is 5.97 Å². The highest BCUT2D eigenvalue weighted by Crippen LogP contribution is 2.02. The number of rotatable bonds is 3.